The van der Waals surface area contributed by atoms with Crippen molar-refractivity contribution in [1.82, 2.24) is 15.1 Å². The van der Waals surface area contributed by atoms with Crippen LogP contribution in [0.25, 0.3) is 0 Å². The fourth-order valence-corrected chi connectivity index (χ4v) is 1.53. The van der Waals surface area contributed by atoms with E-state index in [-0.39, 0.29) is 0 Å². The van der Waals surface area contributed by atoms with E-state index in [1.54, 1.807) is 0 Å². The molecule has 4 nitrogen and oxygen atoms in total. The van der Waals surface area contributed by atoms with Gasteiger partial charge in [-0.15, -0.1) is 0 Å². The first-order valence-electron chi connectivity index (χ1n) is 4.58. The zero-order chi connectivity index (χ0) is 9.10. The highest BCUT2D eigenvalue weighted by Crippen LogP contribution is 2.09. The van der Waals surface area contributed by atoms with E-state index in [4.69, 9.17) is 0 Å². The van der Waals surface area contributed by atoms with Gasteiger partial charge in [-0.25, -0.2) is 0 Å². The molecule has 0 unspecified atom stereocenters. The van der Waals surface area contributed by atoms with Gasteiger partial charge in [0.05, 0.1) is 17.9 Å². The third kappa shape index (κ3) is 1.78. The average molecular weight is 178 g/mol. The Morgan fingerprint density at radius 2 is 2.54 bits per heavy atom. The monoisotopic (exact) mass is 178 g/mol. The highest BCUT2D eigenvalue weighted by atomic mass is 15.3. The minimum absolute atomic E-state index is 0.775. The number of nitrogens with one attached hydrogen (secondary N) is 1. The lowest BCUT2D eigenvalue weighted by Crippen LogP contribution is -2.07. The second-order valence-corrected chi connectivity index (χ2v) is 3.19. The summed E-state index contributed by atoms with van der Waals surface area (Å²) in [7, 11) is 1.93. The molecule has 2 rings (SSSR count). The van der Waals surface area contributed by atoms with Crippen LogP contribution in [-0.2, 0) is 19.6 Å². The number of rotatable bonds is 2. The molecule has 0 aliphatic carbocycles. The number of aromatic nitrogens is 2. The predicted molar refractivity (Wildman–Crippen MR) is 51.8 cm³/mol. The summed E-state index contributed by atoms with van der Waals surface area (Å²) in [6.45, 7) is 2.57. The van der Waals surface area contributed by atoms with Crippen molar-refractivity contribution in [3.8, 4) is 0 Å². The molecule has 0 spiro atoms. The summed E-state index contributed by atoms with van der Waals surface area (Å²) in [4.78, 5) is 4.28. The smallest absolute Gasteiger partial charge is 0.0804 e. The maximum atomic E-state index is 4.47. The highest BCUT2D eigenvalue weighted by Gasteiger charge is 2.07. The van der Waals surface area contributed by atoms with Gasteiger partial charge in [-0.3, -0.25) is 9.67 Å². The van der Waals surface area contributed by atoms with Crippen LogP contribution in [0.2, 0.25) is 0 Å². The van der Waals surface area contributed by atoms with Crippen LogP contribution in [0.1, 0.15) is 17.8 Å². The van der Waals surface area contributed by atoms with Gasteiger partial charge in [0, 0.05) is 25.7 Å². The highest BCUT2D eigenvalue weighted by molar-refractivity contribution is 5.57. The molecule has 1 aliphatic heterocycles. The Kier molecular flexibility index (Phi) is 2.40. The molecule has 1 N–H and O–H groups in total. The van der Waals surface area contributed by atoms with Gasteiger partial charge in [-0.2, -0.15) is 5.10 Å². The summed E-state index contributed by atoms with van der Waals surface area (Å²) in [5.74, 6) is 0. The maximum absolute atomic E-state index is 4.47. The van der Waals surface area contributed by atoms with Crippen LogP contribution in [0.15, 0.2) is 11.1 Å². The van der Waals surface area contributed by atoms with Crippen molar-refractivity contribution in [2.75, 3.05) is 7.05 Å². The van der Waals surface area contributed by atoms with E-state index in [0.717, 1.165) is 31.7 Å². The minimum Gasteiger partial charge on any atom is -0.314 e. The zero-order valence-electron chi connectivity index (χ0n) is 7.82. The summed E-state index contributed by atoms with van der Waals surface area (Å²) in [6.07, 6.45) is 2.97. The molecule has 0 fully saturated rings. The van der Waals surface area contributed by atoms with Gasteiger partial charge < -0.3 is 5.32 Å². The van der Waals surface area contributed by atoms with Crippen LogP contribution in [0.5, 0.6) is 0 Å². The molecule has 0 aromatic carbocycles. The first kappa shape index (κ1) is 8.44. The number of hydrogen-bond acceptors (Lipinski definition) is 3. The van der Waals surface area contributed by atoms with E-state index in [1.165, 1.54) is 5.69 Å². The number of aryl methyl sites for hydroxylation is 1. The average Bonchev–Trinajstić information content (AvgIpc) is 2.37. The summed E-state index contributed by atoms with van der Waals surface area (Å²) in [6, 6.07) is 2.12. The molecule has 2 heterocycles. The minimum atomic E-state index is 0.775. The Morgan fingerprint density at radius 3 is 3.38 bits per heavy atom. The topological polar surface area (TPSA) is 42.2 Å². The van der Waals surface area contributed by atoms with E-state index in [0.29, 0.717) is 0 Å². The molecule has 70 valence electrons. The molecular formula is C9H14N4. The van der Waals surface area contributed by atoms with Crippen LogP contribution in [0.3, 0.4) is 0 Å². The van der Waals surface area contributed by atoms with Crippen molar-refractivity contribution in [3.63, 3.8) is 0 Å². The molecule has 1 aliphatic rings. The second-order valence-electron chi connectivity index (χ2n) is 3.19. The van der Waals surface area contributed by atoms with E-state index < -0.39 is 0 Å². The Balaban J connectivity index is 2.22. The zero-order valence-corrected chi connectivity index (χ0v) is 7.82. The van der Waals surface area contributed by atoms with Crippen molar-refractivity contribution in [2.24, 2.45) is 4.99 Å². The second kappa shape index (κ2) is 3.70. The molecule has 0 saturated carbocycles. The third-order valence-electron chi connectivity index (χ3n) is 2.12. The Labute approximate surface area is 77.7 Å². The third-order valence-corrected chi connectivity index (χ3v) is 2.12. The Morgan fingerprint density at radius 1 is 1.62 bits per heavy atom. The number of hydrogen-bond donors (Lipinski definition) is 1. The SMILES string of the molecule is CNCc1cc2n(n1)CCC=NC2. The van der Waals surface area contributed by atoms with Crippen molar-refractivity contribution in [1.29, 1.82) is 0 Å². The first-order chi connectivity index (χ1) is 6.40. The largest absolute Gasteiger partial charge is 0.314 e. The van der Waals surface area contributed by atoms with Gasteiger partial charge in [0.25, 0.3) is 0 Å². The van der Waals surface area contributed by atoms with Crippen molar-refractivity contribution < 1.29 is 0 Å². The van der Waals surface area contributed by atoms with Crippen LogP contribution in [0, 0.1) is 0 Å². The molecular weight excluding hydrogens is 164 g/mol. The van der Waals surface area contributed by atoms with Crippen molar-refractivity contribution in [2.45, 2.75) is 26.1 Å². The summed E-state index contributed by atoms with van der Waals surface area (Å²) in [5, 5.41) is 7.57. The molecule has 1 aromatic heterocycles. The van der Waals surface area contributed by atoms with Crippen LogP contribution in [-0.4, -0.2) is 23.0 Å². The predicted octanol–water partition coefficient (Wildman–Crippen LogP) is 0.577. The number of nitrogens with zero attached hydrogens (tertiary/aromatic N) is 3. The lowest BCUT2D eigenvalue weighted by molar-refractivity contribution is 0.601. The van der Waals surface area contributed by atoms with E-state index >= 15 is 0 Å². The molecule has 0 amide bonds. The molecule has 4 heteroatoms. The lowest BCUT2D eigenvalue weighted by atomic mass is 10.3. The van der Waals surface area contributed by atoms with E-state index in [9.17, 15) is 0 Å². The van der Waals surface area contributed by atoms with Gasteiger partial charge in [0.2, 0.25) is 0 Å². The fraction of sp³-hybridized carbons (Fsp3) is 0.556. The standard InChI is InChI=1S/C9H14N4/c1-10-6-8-5-9-7-11-3-2-4-13(9)12-8/h3,5,10H,2,4,6-7H2,1H3. The summed E-state index contributed by atoms with van der Waals surface area (Å²) < 4.78 is 2.06. The van der Waals surface area contributed by atoms with Gasteiger partial charge in [0.1, 0.15) is 0 Å². The molecule has 0 bridgehead atoms. The van der Waals surface area contributed by atoms with E-state index in [1.807, 2.05) is 13.3 Å². The molecule has 0 atom stereocenters. The molecule has 0 saturated heterocycles. The summed E-state index contributed by atoms with van der Waals surface area (Å²) >= 11 is 0. The van der Waals surface area contributed by atoms with Gasteiger partial charge in [0.15, 0.2) is 0 Å². The number of aliphatic imine (C=N–C) groups is 1. The van der Waals surface area contributed by atoms with Crippen molar-refractivity contribution >= 4 is 6.21 Å². The first-order valence-corrected chi connectivity index (χ1v) is 4.58. The van der Waals surface area contributed by atoms with Crippen LogP contribution < -0.4 is 5.32 Å². The van der Waals surface area contributed by atoms with E-state index in [2.05, 4.69) is 26.2 Å². The summed E-state index contributed by atoms with van der Waals surface area (Å²) in [5.41, 5.74) is 2.33. The van der Waals surface area contributed by atoms with Gasteiger partial charge >= 0.3 is 0 Å². The van der Waals surface area contributed by atoms with Crippen LogP contribution in [0.4, 0.5) is 0 Å². The molecule has 0 radical (unpaired) electrons. The van der Waals surface area contributed by atoms with Gasteiger partial charge in [-0.05, 0) is 13.1 Å². The number of fused-ring (bicyclic) bond motifs is 1. The van der Waals surface area contributed by atoms with Crippen LogP contribution >= 0.6 is 0 Å². The molecule has 13 heavy (non-hydrogen) atoms. The van der Waals surface area contributed by atoms with Gasteiger partial charge in [-0.1, -0.05) is 0 Å². The molecule has 1 aromatic rings. The van der Waals surface area contributed by atoms with Crippen molar-refractivity contribution in [3.05, 3.63) is 17.5 Å². The maximum Gasteiger partial charge on any atom is 0.0804 e. The quantitative estimate of drug-likeness (QED) is 0.719. The lowest BCUT2D eigenvalue weighted by Gasteiger charge is -1.98. The Bertz CT molecular complexity index is 313. The normalized spacial score (nSPS) is 15.5. The Hall–Kier alpha value is -1.16. The fourth-order valence-electron chi connectivity index (χ4n) is 1.53.